The van der Waals surface area contributed by atoms with E-state index >= 15 is 0 Å². The molecular formula is C20H22N4O2. The highest BCUT2D eigenvalue weighted by molar-refractivity contribution is 5.99. The molecule has 2 aromatic rings. The summed E-state index contributed by atoms with van der Waals surface area (Å²) in [5, 5.41) is 6.10. The van der Waals surface area contributed by atoms with Crippen LogP contribution in [-0.2, 0) is 4.79 Å². The molecule has 134 valence electrons. The van der Waals surface area contributed by atoms with Crippen molar-refractivity contribution in [2.45, 2.75) is 18.4 Å². The summed E-state index contributed by atoms with van der Waals surface area (Å²) in [7, 11) is 0. The van der Waals surface area contributed by atoms with Crippen molar-refractivity contribution in [2.24, 2.45) is 0 Å². The van der Waals surface area contributed by atoms with Gasteiger partial charge in [0.25, 0.3) is 0 Å². The SMILES string of the molecule is O=C(N1CCC2(CC1)NCNC2=O)N(c1ccccc1)c1ccccc1. The Kier molecular flexibility index (Phi) is 4.34. The number of likely N-dealkylation sites (tertiary alicyclic amines) is 1. The van der Waals surface area contributed by atoms with Gasteiger partial charge in [-0.2, -0.15) is 0 Å². The summed E-state index contributed by atoms with van der Waals surface area (Å²) in [6.07, 6.45) is 1.25. The number of hydrogen-bond acceptors (Lipinski definition) is 3. The van der Waals surface area contributed by atoms with Gasteiger partial charge in [0.1, 0.15) is 5.54 Å². The third-order valence-corrected chi connectivity index (χ3v) is 5.22. The highest BCUT2D eigenvalue weighted by atomic mass is 16.2. The minimum atomic E-state index is -0.513. The maximum Gasteiger partial charge on any atom is 0.329 e. The van der Waals surface area contributed by atoms with E-state index in [-0.39, 0.29) is 11.9 Å². The van der Waals surface area contributed by atoms with E-state index in [1.54, 1.807) is 4.90 Å². The summed E-state index contributed by atoms with van der Waals surface area (Å²) in [5.41, 5.74) is 1.16. The number of urea groups is 1. The Balaban J connectivity index is 1.57. The topological polar surface area (TPSA) is 64.7 Å². The normalized spacial score (nSPS) is 18.6. The first kappa shape index (κ1) is 16.6. The fourth-order valence-electron chi connectivity index (χ4n) is 3.69. The van der Waals surface area contributed by atoms with Crippen molar-refractivity contribution in [3.63, 3.8) is 0 Å². The second-order valence-corrected chi connectivity index (χ2v) is 6.72. The molecule has 6 heteroatoms. The number of hydrogen-bond donors (Lipinski definition) is 2. The summed E-state index contributed by atoms with van der Waals surface area (Å²) in [6.45, 7) is 1.61. The molecule has 2 heterocycles. The van der Waals surface area contributed by atoms with E-state index in [2.05, 4.69) is 10.6 Å². The van der Waals surface area contributed by atoms with Crippen LogP contribution in [0.25, 0.3) is 0 Å². The third-order valence-electron chi connectivity index (χ3n) is 5.22. The number of benzene rings is 2. The Labute approximate surface area is 152 Å². The van der Waals surface area contributed by atoms with Crippen LogP contribution < -0.4 is 15.5 Å². The Hall–Kier alpha value is -2.86. The molecule has 0 atom stereocenters. The molecule has 1 spiro atoms. The van der Waals surface area contributed by atoms with Gasteiger partial charge in [-0.05, 0) is 37.1 Å². The standard InChI is InChI=1S/C20H22N4O2/c25-18-20(22-15-21-18)11-13-23(14-12-20)19(26)24(16-7-3-1-4-8-16)17-9-5-2-6-10-17/h1-10,22H,11-15H2,(H,21,25). The van der Waals surface area contributed by atoms with Gasteiger partial charge in [0, 0.05) is 13.1 Å². The zero-order chi connectivity index (χ0) is 18.0. The van der Waals surface area contributed by atoms with Gasteiger partial charge in [0.2, 0.25) is 5.91 Å². The molecule has 6 nitrogen and oxygen atoms in total. The minimum absolute atomic E-state index is 0.0487. The van der Waals surface area contributed by atoms with Crippen LogP contribution >= 0.6 is 0 Å². The number of anilines is 2. The molecule has 0 aliphatic carbocycles. The fraction of sp³-hybridized carbons (Fsp3) is 0.300. The Bertz CT molecular complexity index is 746. The number of nitrogens with one attached hydrogen (secondary N) is 2. The minimum Gasteiger partial charge on any atom is -0.342 e. The second kappa shape index (κ2) is 6.80. The zero-order valence-electron chi connectivity index (χ0n) is 14.5. The molecular weight excluding hydrogens is 328 g/mol. The smallest absolute Gasteiger partial charge is 0.329 e. The first-order chi connectivity index (χ1) is 12.7. The number of carbonyl (C=O) groups is 2. The molecule has 0 unspecified atom stereocenters. The van der Waals surface area contributed by atoms with Crippen LogP contribution in [0.3, 0.4) is 0 Å². The molecule has 2 saturated heterocycles. The number of amides is 3. The lowest BCUT2D eigenvalue weighted by atomic mass is 9.88. The number of carbonyl (C=O) groups excluding carboxylic acids is 2. The average Bonchev–Trinajstić information content (AvgIpc) is 3.04. The first-order valence-corrected chi connectivity index (χ1v) is 8.92. The van der Waals surface area contributed by atoms with Crippen molar-refractivity contribution < 1.29 is 9.59 Å². The molecule has 2 aliphatic heterocycles. The molecule has 0 bridgehead atoms. The number of rotatable bonds is 2. The number of nitrogens with zero attached hydrogens (tertiary/aromatic N) is 2. The lowest BCUT2D eigenvalue weighted by Gasteiger charge is -2.39. The molecule has 4 rings (SSSR count). The molecule has 26 heavy (non-hydrogen) atoms. The second-order valence-electron chi connectivity index (χ2n) is 6.72. The first-order valence-electron chi connectivity index (χ1n) is 8.92. The van der Waals surface area contributed by atoms with Crippen LogP contribution in [0, 0.1) is 0 Å². The lowest BCUT2D eigenvalue weighted by molar-refractivity contribution is -0.125. The van der Waals surface area contributed by atoms with Crippen molar-refractivity contribution in [3.8, 4) is 0 Å². The van der Waals surface area contributed by atoms with E-state index in [0.29, 0.717) is 32.6 Å². The van der Waals surface area contributed by atoms with Gasteiger partial charge in [0.05, 0.1) is 18.0 Å². The number of piperidine rings is 1. The van der Waals surface area contributed by atoms with E-state index in [4.69, 9.17) is 0 Å². The summed E-state index contributed by atoms with van der Waals surface area (Å²) in [6, 6.07) is 19.3. The monoisotopic (exact) mass is 350 g/mol. The highest BCUT2D eigenvalue weighted by Crippen LogP contribution is 2.30. The Morgan fingerprint density at radius 2 is 1.46 bits per heavy atom. The maximum atomic E-state index is 13.3. The quantitative estimate of drug-likeness (QED) is 0.874. The van der Waals surface area contributed by atoms with Crippen LogP contribution in [0.2, 0.25) is 0 Å². The van der Waals surface area contributed by atoms with Crippen LogP contribution in [0.15, 0.2) is 60.7 Å². The predicted molar refractivity (Wildman–Crippen MR) is 100 cm³/mol. The third kappa shape index (κ3) is 2.93. The largest absolute Gasteiger partial charge is 0.342 e. The van der Waals surface area contributed by atoms with Crippen molar-refractivity contribution in [1.82, 2.24) is 15.5 Å². The van der Waals surface area contributed by atoms with E-state index in [0.717, 1.165) is 11.4 Å². The van der Waals surface area contributed by atoms with Crippen molar-refractivity contribution in [2.75, 3.05) is 24.7 Å². The summed E-state index contributed by atoms with van der Waals surface area (Å²) in [4.78, 5) is 29.0. The van der Waals surface area contributed by atoms with Crippen LogP contribution in [0.5, 0.6) is 0 Å². The molecule has 0 aromatic heterocycles. The van der Waals surface area contributed by atoms with Gasteiger partial charge < -0.3 is 10.2 Å². The molecule has 0 saturated carbocycles. The molecule has 0 radical (unpaired) electrons. The maximum absolute atomic E-state index is 13.3. The molecule has 2 N–H and O–H groups in total. The van der Waals surface area contributed by atoms with E-state index in [9.17, 15) is 9.59 Å². The summed E-state index contributed by atoms with van der Waals surface area (Å²) >= 11 is 0. The molecule has 3 amide bonds. The van der Waals surface area contributed by atoms with Crippen LogP contribution in [0.1, 0.15) is 12.8 Å². The van der Waals surface area contributed by atoms with Crippen molar-refractivity contribution >= 4 is 23.3 Å². The van der Waals surface area contributed by atoms with Gasteiger partial charge in [-0.25, -0.2) is 4.79 Å². The van der Waals surface area contributed by atoms with E-state index in [1.807, 2.05) is 65.6 Å². The summed E-state index contributed by atoms with van der Waals surface area (Å²) < 4.78 is 0. The molecule has 2 aliphatic rings. The summed E-state index contributed by atoms with van der Waals surface area (Å²) in [5.74, 6) is 0.0487. The fourth-order valence-corrected chi connectivity index (χ4v) is 3.69. The van der Waals surface area contributed by atoms with Crippen LogP contribution in [-0.4, -0.2) is 42.1 Å². The Morgan fingerprint density at radius 1 is 0.923 bits per heavy atom. The van der Waals surface area contributed by atoms with E-state index < -0.39 is 5.54 Å². The van der Waals surface area contributed by atoms with E-state index in [1.165, 1.54) is 0 Å². The van der Waals surface area contributed by atoms with Gasteiger partial charge in [-0.3, -0.25) is 15.0 Å². The zero-order valence-corrected chi connectivity index (χ0v) is 14.5. The average molecular weight is 350 g/mol. The number of para-hydroxylation sites is 2. The van der Waals surface area contributed by atoms with Gasteiger partial charge in [0.15, 0.2) is 0 Å². The van der Waals surface area contributed by atoms with Gasteiger partial charge in [-0.15, -0.1) is 0 Å². The predicted octanol–water partition coefficient (Wildman–Crippen LogP) is 2.46. The highest BCUT2D eigenvalue weighted by Gasteiger charge is 2.45. The molecule has 2 fully saturated rings. The van der Waals surface area contributed by atoms with Gasteiger partial charge in [-0.1, -0.05) is 36.4 Å². The lowest BCUT2D eigenvalue weighted by Crippen LogP contribution is -2.57. The molecule has 2 aromatic carbocycles. The van der Waals surface area contributed by atoms with Crippen molar-refractivity contribution in [1.29, 1.82) is 0 Å². The van der Waals surface area contributed by atoms with Crippen molar-refractivity contribution in [3.05, 3.63) is 60.7 Å². The Morgan fingerprint density at radius 3 is 1.92 bits per heavy atom. The van der Waals surface area contributed by atoms with Crippen LogP contribution in [0.4, 0.5) is 16.2 Å². The van der Waals surface area contributed by atoms with Gasteiger partial charge >= 0.3 is 6.03 Å².